The summed E-state index contributed by atoms with van der Waals surface area (Å²) >= 11 is 2.01. The molecule has 0 amide bonds. The molecular formula is C14H20N2S. The molecule has 1 aromatic carbocycles. The summed E-state index contributed by atoms with van der Waals surface area (Å²) in [5, 5.41) is 3.72. The zero-order valence-corrected chi connectivity index (χ0v) is 11.1. The first-order valence-corrected chi connectivity index (χ1v) is 7.59. The quantitative estimate of drug-likeness (QED) is 0.860. The molecule has 92 valence electrons. The molecule has 0 aliphatic heterocycles. The van der Waals surface area contributed by atoms with E-state index in [0.29, 0.717) is 10.8 Å². The van der Waals surface area contributed by atoms with Crippen LogP contribution in [0.2, 0.25) is 0 Å². The molecule has 0 bridgehead atoms. The number of fused-ring (bicyclic) bond motifs is 1. The lowest BCUT2D eigenvalue weighted by atomic mass is 10.1. The minimum atomic E-state index is 0.216. The smallest absolute Gasteiger partial charge is 0.0342 e. The molecule has 0 aromatic heterocycles. The van der Waals surface area contributed by atoms with E-state index in [1.54, 1.807) is 0 Å². The van der Waals surface area contributed by atoms with Crippen LogP contribution in [0.4, 0.5) is 0 Å². The van der Waals surface area contributed by atoms with Crippen LogP contribution in [0.1, 0.15) is 42.5 Å². The second kappa shape index (κ2) is 4.30. The highest BCUT2D eigenvalue weighted by molar-refractivity contribution is 8.00. The van der Waals surface area contributed by atoms with Gasteiger partial charge in [-0.25, -0.2) is 0 Å². The van der Waals surface area contributed by atoms with Gasteiger partial charge in [0.05, 0.1) is 0 Å². The molecule has 2 unspecified atom stereocenters. The van der Waals surface area contributed by atoms with E-state index in [0.717, 1.165) is 13.0 Å². The summed E-state index contributed by atoms with van der Waals surface area (Å²) in [4.78, 5) is 0. The second-order valence-electron chi connectivity index (χ2n) is 5.29. The fourth-order valence-corrected chi connectivity index (χ4v) is 3.51. The molecular weight excluding hydrogens is 228 g/mol. The van der Waals surface area contributed by atoms with Crippen molar-refractivity contribution in [2.75, 3.05) is 12.8 Å². The number of nitrogens with two attached hydrogens (primary N) is 1. The molecule has 1 saturated carbocycles. The lowest BCUT2D eigenvalue weighted by Crippen LogP contribution is -2.29. The maximum absolute atomic E-state index is 6.18. The Hall–Kier alpha value is -0.510. The van der Waals surface area contributed by atoms with E-state index in [9.17, 15) is 0 Å². The molecule has 0 saturated heterocycles. The van der Waals surface area contributed by atoms with Crippen LogP contribution in [0.15, 0.2) is 24.3 Å². The van der Waals surface area contributed by atoms with E-state index < -0.39 is 0 Å². The lowest BCUT2D eigenvalue weighted by Gasteiger charge is -2.18. The minimum Gasteiger partial charge on any atom is -0.324 e. The van der Waals surface area contributed by atoms with Gasteiger partial charge in [0.15, 0.2) is 0 Å². The fraction of sp³-hybridized carbons (Fsp3) is 0.571. The van der Waals surface area contributed by atoms with Crippen LogP contribution in [0.25, 0.3) is 0 Å². The third kappa shape index (κ3) is 2.12. The van der Waals surface area contributed by atoms with Gasteiger partial charge >= 0.3 is 0 Å². The van der Waals surface area contributed by atoms with Crippen LogP contribution >= 0.6 is 11.8 Å². The van der Waals surface area contributed by atoms with Gasteiger partial charge in [-0.05, 0) is 36.6 Å². The Morgan fingerprint density at radius 1 is 1.35 bits per heavy atom. The van der Waals surface area contributed by atoms with Gasteiger partial charge in [-0.2, -0.15) is 11.8 Å². The van der Waals surface area contributed by atoms with Crippen LogP contribution in [0.3, 0.4) is 0 Å². The van der Waals surface area contributed by atoms with Gasteiger partial charge in [-0.3, -0.25) is 0 Å². The van der Waals surface area contributed by atoms with Gasteiger partial charge in [0.2, 0.25) is 0 Å². The number of rotatable bonds is 4. The van der Waals surface area contributed by atoms with Crippen LogP contribution < -0.4 is 11.1 Å². The summed E-state index contributed by atoms with van der Waals surface area (Å²) < 4.78 is 0.529. The van der Waals surface area contributed by atoms with Gasteiger partial charge in [0.25, 0.3) is 0 Å². The van der Waals surface area contributed by atoms with E-state index in [4.69, 9.17) is 5.73 Å². The standard InChI is InChI=1S/C14H20N2S/c1-17-14(6-7-14)9-16-13-8-12(15)10-4-2-3-5-11(10)13/h2-5,12-13,16H,6-9,15H2,1H3. The SMILES string of the molecule is CSC1(CNC2CC(N)c3ccccc32)CC1. The Kier molecular flexibility index (Phi) is 2.93. The van der Waals surface area contributed by atoms with Crippen molar-refractivity contribution in [1.29, 1.82) is 0 Å². The summed E-state index contributed by atoms with van der Waals surface area (Å²) in [6.07, 6.45) is 6.00. The average Bonchev–Trinajstić information content (AvgIpc) is 3.08. The van der Waals surface area contributed by atoms with Gasteiger partial charge in [-0.1, -0.05) is 24.3 Å². The van der Waals surface area contributed by atoms with Gasteiger partial charge in [0, 0.05) is 23.4 Å². The number of benzene rings is 1. The number of thioether (sulfide) groups is 1. The van der Waals surface area contributed by atoms with Crippen molar-refractivity contribution in [3.05, 3.63) is 35.4 Å². The highest BCUT2D eigenvalue weighted by Gasteiger charge is 2.42. The largest absolute Gasteiger partial charge is 0.324 e. The molecule has 2 nitrogen and oxygen atoms in total. The van der Waals surface area contributed by atoms with Crippen LogP contribution in [0.5, 0.6) is 0 Å². The third-order valence-electron chi connectivity index (χ3n) is 4.17. The van der Waals surface area contributed by atoms with E-state index in [-0.39, 0.29) is 6.04 Å². The van der Waals surface area contributed by atoms with Crippen LogP contribution in [-0.2, 0) is 0 Å². The van der Waals surface area contributed by atoms with Gasteiger partial charge in [-0.15, -0.1) is 0 Å². The first-order valence-electron chi connectivity index (χ1n) is 6.37. The zero-order valence-electron chi connectivity index (χ0n) is 10.3. The number of hydrogen-bond acceptors (Lipinski definition) is 3. The molecule has 3 N–H and O–H groups in total. The maximum atomic E-state index is 6.18. The first-order chi connectivity index (χ1) is 8.24. The molecule has 1 fully saturated rings. The molecule has 0 radical (unpaired) electrons. The van der Waals surface area contributed by atoms with Crippen molar-refractivity contribution in [2.24, 2.45) is 5.73 Å². The van der Waals surface area contributed by atoms with Crippen molar-refractivity contribution in [3.63, 3.8) is 0 Å². The Balaban J connectivity index is 1.70. The molecule has 2 aliphatic carbocycles. The lowest BCUT2D eigenvalue weighted by molar-refractivity contribution is 0.495. The van der Waals surface area contributed by atoms with Crippen molar-refractivity contribution in [2.45, 2.75) is 36.1 Å². The Labute approximate surface area is 107 Å². The topological polar surface area (TPSA) is 38.0 Å². The normalized spacial score (nSPS) is 29.1. The van der Waals surface area contributed by atoms with Crippen LogP contribution in [0, 0.1) is 0 Å². The predicted octanol–water partition coefficient (Wildman–Crippen LogP) is 2.62. The number of hydrogen-bond donors (Lipinski definition) is 2. The van der Waals surface area contributed by atoms with E-state index in [2.05, 4.69) is 35.8 Å². The minimum absolute atomic E-state index is 0.216. The molecule has 0 spiro atoms. The fourth-order valence-electron chi connectivity index (χ4n) is 2.77. The van der Waals surface area contributed by atoms with E-state index in [1.165, 1.54) is 24.0 Å². The molecule has 0 heterocycles. The monoisotopic (exact) mass is 248 g/mol. The summed E-state index contributed by atoms with van der Waals surface area (Å²) in [6.45, 7) is 1.12. The highest BCUT2D eigenvalue weighted by atomic mass is 32.2. The summed E-state index contributed by atoms with van der Waals surface area (Å²) in [5.74, 6) is 0. The molecule has 17 heavy (non-hydrogen) atoms. The zero-order chi connectivity index (χ0) is 11.9. The Morgan fingerprint density at radius 2 is 2.06 bits per heavy atom. The second-order valence-corrected chi connectivity index (χ2v) is 6.57. The summed E-state index contributed by atoms with van der Waals surface area (Å²) in [6, 6.07) is 9.28. The van der Waals surface area contributed by atoms with E-state index in [1.807, 2.05) is 11.8 Å². The van der Waals surface area contributed by atoms with Crippen molar-refractivity contribution in [1.82, 2.24) is 5.32 Å². The molecule has 3 heteroatoms. The maximum Gasteiger partial charge on any atom is 0.0342 e. The van der Waals surface area contributed by atoms with E-state index >= 15 is 0 Å². The van der Waals surface area contributed by atoms with Gasteiger partial charge in [0.1, 0.15) is 0 Å². The molecule has 3 rings (SSSR count). The molecule has 1 aromatic rings. The van der Waals surface area contributed by atoms with Crippen LogP contribution in [-0.4, -0.2) is 17.5 Å². The van der Waals surface area contributed by atoms with Crippen molar-refractivity contribution in [3.8, 4) is 0 Å². The number of nitrogens with one attached hydrogen (secondary N) is 1. The van der Waals surface area contributed by atoms with Gasteiger partial charge < -0.3 is 11.1 Å². The molecule has 2 aliphatic rings. The highest BCUT2D eigenvalue weighted by Crippen LogP contribution is 2.47. The molecule has 2 atom stereocenters. The third-order valence-corrected chi connectivity index (χ3v) is 5.59. The Morgan fingerprint density at radius 3 is 2.71 bits per heavy atom. The summed E-state index contributed by atoms with van der Waals surface area (Å²) in [5.41, 5.74) is 8.93. The van der Waals surface area contributed by atoms with Crippen molar-refractivity contribution < 1.29 is 0 Å². The first kappa shape index (κ1) is 11.6. The Bertz CT molecular complexity index is 414. The van der Waals surface area contributed by atoms with Crippen molar-refractivity contribution >= 4 is 11.8 Å². The summed E-state index contributed by atoms with van der Waals surface area (Å²) in [7, 11) is 0. The average molecular weight is 248 g/mol. The predicted molar refractivity (Wildman–Crippen MR) is 74.2 cm³/mol.